The van der Waals surface area contributed by atoms with Gasteiger partial charge in [0.25, 0.3) is 0 Å². The molecule has 1 heterocycles. The number of hydrogen-bond acceptors (Lipinski definition) is 9. The fourth-order valence-corrected chi connectivity index (χ4v) is 7.69. The van der Waals surface area contributed by atoms with Gasteiger partial charge in [-0.3, -0.25) is 19.2 Å². The lowest BCUT2D eigenvalue weighted by atomic mass is 9.91. The fourth-order valence-electron chi connectivity index (χ4n) is 7.69. The minimum atomic E-state index is -1.86. The van der Waals surface area contributed by atoms with Crippen LogP contribution in [0.2, 0.25) is 0 Å². The normalized spacial score (nSPS) is 20.2. The summed E-state index contributed by atoms with van der Waals surface area (Å²) in [7, 11) is 0. The van der Waals surface area contributed by atoms with E-state index in [9.17, 15) is 39.6 Å². The number of unbranched alkanes of at least 4 members (excludes halogenated alkanes) is 24. The number of amides is 1. The molecule has 1 rings (SSSR count). The first-order valence-corrected chi connectivity index (χ1v) is 23.3. The second kappa shape index (κ2) is 34.2. The highest BCUT2D eigenvalue weighted by molar-refractivity contribution is 5.93. The van der Waals surface area contributed by atoms with Crippen LogP contribution in [0.25, 0.3) is 0 Å². The smallest absolute Gasteiger partial charge is 0.224 e. The minimum Gasteiger partial charge on any atom is -0.387 e. The standard InChI is InChI=1S/C46H85NO9/c1-4-7-10-12-14-16-17-18-19-20-21-22-24-26-28-30-35-47(40(51)32-29-27-25-23-15-13-11-8-5-2)46-44(55)42(53)43(54)45(56-46)41(52)39(50)36-38(49)34-33-37(48)31-9-6-3/h39,42-46,50,53-55H,4-36H2,1-3H3/t39?,42-,43+,44+,45+,46+/m0/s1. The maximum absolute atomic E-state index is 13.7. The molecule has 6 atom stereocenters. The average molecular weight is 796 g/mol. The molecule has 328 valence electrons. The second-order valence-corrected chi connectivity index (χ2v) is 16.7. The topological polar surface area (TPSA) is 162 Å². The molecule has 0 aromatic carbocycles. The van der Waals surface area contributed by atoms with Crippen LogP contribution >= 0.6 is 0 Å². The van der Waals surface area contributed by atoms with Crippen molar-refractivity contribution in [2.75, 3.05) is 6.54 Å². The van der Waals surface area contributed by atoms with E-state index < -0.39 is 54.7 Å². The number of rotatable bonds is 38. The third-order valence-electron chi connectivity index (χ3n) is 11.5. The van der Waals surface area contributed by atoms with E-state index in [-0.39, 0.29) is 37.5 Å². The van der Waals surface area contributed by atoms with Gasteiger partial charge in [0.2, 0.25) is 5.91 Å². The molecule has 0 radical (unpaired) electrons. The molecule has 0 saturated carbocycles. The molecular weight excluding hydrogens is 711 g/mol. The molecule has 1 amide bonds. The van der Waals surface area contributed by atoms with Gasteiger partial charge in [0, 0.05) is 38.6 Å². The molecule has 10 nitrogen and oxygen atoms in total. The van der Waals surface area contributed by atoms with Crippen LogP contribution in [-0.4, -0.2) is 91.9 Å². The molecule has 4 N–H and O–H groups in total. The lowest BCUT2D eigenvalue weighted by molar-refractivity contribution is -0.253. The van der Waals surface area contributed by atoms with Gasteiger partial charge >= 0.3 is 0 Å². The lowest BCUT2D eigenvalue weighted by Gasteiger charge is -2.45. The average Bonchev–Trinajstić information content (AvgIpc) is 3.19. The number of Topliss-reactive ketones (excluding diaryl/α,β-unsaturated/α-hetero) is 3. The number of nitrogens with zero attached hydrogens (tertiary/aromatic N) is 1. The number of carbonyl (C=O) groups excluding carboxylic acids is 4. The van der Waals surface area contributed by atoms with Crippen molar-refractivity contribution in [1.29, 1.82) is 0 Å². The van der Waals surface area contributed by atoms with E-state index in [1.165, 1.54) is 114 Å². The number of carbonyl (C=O) groups is 4. The third-order valence-corrected chi connectivity index (χ3v) is 11.5. The predicted molar refractivity (Wildman–Crippen MR) is 224 cm³/mol. The Morgan fingerprint density at radius 2 is 0.893 bits per heavy atom. The molecule has 1 unspecified atom stereocenters. The second-order valence-electron chi connectivity index (χ2n) is 16.7. The Morgan fingerprint density at radius 3 is 1.36 bits per heavy atom. The highest BCUT2D eigenvalue weighted by Gasteiger charge is 2.50. The zero-order valence-electron chi connectivity index (χ0n) is 36.1. The van der Waals surface area contributed by atoms with Gasteiger partial charge in [-0.1, -0.05) is 175 Å². The quantitative estimate of drug-likeness (QED) is 0.0447. The van der Waals surface area contributed by atoms with E-state index in [1.54, 1.807) is 0 Å². The van der Waals surface area contributed by atoms with Crippen molar-refractivity contribution < 1.29 is 44.3 Å². The predicted octanol–water partition coefficient (Wildman–Crippen LogP) is 9.23. The van der Waals surface area contributed by atoms with E-state index in [0.29, 0.717) is 19.3 Å². The van der Waals surface area contributed by atoms with E-state index in [4.69, 9.17) is 4.74 Å². The Morgan fingerprint density at radius 1 is 0.482 bits per heavy atom. The van der Waals surface area contributed by atoms with Crippen LogP contribution in [-0.2, 0) is 23.9 Å². The van der Waals surface area contributed by atoms with Crippen molar-refractivity contribution in [1.82, 2.24) is 4.90 Å². The van der Waals surface area contributed by atoms with Gasteiger partial charge in [-0.25, -0.2) is 0 Å². The van der Waals surface area contributed by atoms with Crippen molar-refractivity contribution in [3.63, 3.8) is 0 Å². The van der Waals surface area contributed by atoms with Crippen LogP contribution in [0.3, 0.4) is 0 Å². The number of hydrogen-bond donors (Lipinski definition) is 4. The molecule has 1 fully saturated rings. The largest absolute Gasteiger partial charge is 0.387 e. The summed E-state index contributed by atoms with van der Waals surface area (Å²) >= 11 is 0. The van der Waals surface area contributed by atoms with E-state index in [2.05, 4.69) is 13.8 Å². The molecule has 0 aromatic heterocycles. The Hall–Kier alpha value is -1.72. The monoisotopic (exact) mass is 796 g/mol. The van der Waals surface area contributed by atoms with Gasteiger partial charge < -0.3 is 30.1 Å². The summed E-state index contributed by atoms with van der Waals surface area (Å²) in [5, 5.41) is 43.4. The minimum absolute atomic E-state index is 0.0324. The van der Waals surface area contributed by atoms with Gasteiger partial charge in [-0.15, -0.1) is 0 Å². The summed E-state index contributed by atoms with van der Waals surface area (Å²) < 4.78 is 5.91. The van der Waals surface area contributed by atoms with Crippen molar-refractivity contribution in [2.24, 2.45) is 0 Å². The molecule has 10 heteroatoms. The van der Waals surface area contributed by atoms with Gasteiger partial charge in [0.15, 0.2) is 12.0 Å². The molecule has 1 aliphatic heterocycles. The van der Waals surface area contributed by atoms with Crippen LogP contribution in [0, 0.1) is 0 Å². The molecule has 1 aliphatic rings. The summed E-state index contributed by atoms with van der Waals surface area (Å²) in [5.41, 5.74) is 0. The van der Waals surface area contributed by atoms with Crippen LogP contribution in [0.1, 0.15) is 226 Å². The highest BCUT2D eigenvalue weighted by Crippen LogP contribution is 2.27. The first kappa shape index (κ1) is 52.3. The molecule has 1 saturated heterocycles. The van der Waals surface area contributed by atoms with E-state index >= 15 is 0 Å². The third kappa shape index (κ3) is 23.6. The fraction of sp³-hybridized carbons (Fsp3) is 0.913. The zero-order valence-corrected chi connectivity index (χ0v) is 36.1. The Balaban J connectivity index is 2.72. The van der Waals surface area contributed by atoms with E-state index in [1.807, 2.05) is 6.92 Å². The van der Waals surface area contributed by atoms with Crippen LogP contribution in [0.15, 0.2) is 0 Å². The van der Waals surface area contributed by atoms with E-state index in [0.717, 1.165) is 51.4 Å². The number of aliphatic hydroxyl groups is 4. The summed E-state index contributed by atoms with van der Waals surface area (Å²) in [6.45, 7) is 6.68. The Kier molecular flexibility index (Phi) is 31.9. The van der Waals surface area contributed by atoms with Crippen molar-refractivity contribution >= 4 is 23.3 Å². The summed E-state index contributed by atoms with van der Waals surface area (Å²) in [5.74, 6) is -1.79. The maximum Gasteiger partial charge on any atom is 0.224 e. The van der Waals surface area contributed by atoms with Crippen LogP contribution in [0.5, 0.6) is 0 Å². The number of aliphatic hydroxyl groups excluding tert-OH is 4. The summed E-state index contributed by atoms with van der Waals surface area (Å²) in [4.78, 5) is 53.0. The first-order chi connectivity index (χ1) is 27.1. The van der Waals surface area contributed by atoms with Gasteiger partial charge in [0.05, 0.1) is 0 Å². The molecular formula is C46H85NO9. The maximum atomic E-state index is 13.7. The SMILES string of the molecule is CCCCCCCCCCCCCCCCCCN(C(=O)CCCCCCCCCCC)[C@@H]1O[C@H](C(=O)C(O)CC(=O)CCC(=O)CCCC)[C@H](O)[C@H](O)[C@H]1O. The van der Waals surface area contributed by atoms with Crippen molar-refractivity contribution in [3.05, 3.63) is 0 Å². The Labute approximate surface area is 341 Å². The molecule has 0 bridgehead atoms. The Bertz CT molecular complexity index is 1020. The van der Waals surface area contributed by atoms with Gasteiger partial charge in [0.1, 0.15) is 42.1 Å². The van der Waals surface area contributed by atoms with Crippen molar-refractivity contribution in [3.8, 4) is 0 Å². The number of ketones is 3. The van der Waals surface area contributed by atoms with Crippen LogP contribution in [0.4, 0.5) is 0 Å². The molecule has 56 heavy (non-hydrogen) atoms. The highest BCUT2D eigenvalue weighted by atomic mass is 16.6. The number of ether oxygens (including phenoxy) is 1. The molecule has 0 aliphatic carbocycles. The molecule has 0 spiro atoms. The van der Waals surface area contributed by atoms with Gasteiger partial charge in [-0.2, -0.15) is 0 Å². The summed E-state index contributed by atoms with van der Waals surface area (Å²) in [6.07, 6.45) is 20.5. The molecule has 0 aromatic rings. The zero-order chi connectivity index (χ0) is 41.4. The van der Waals surface area contributed by atoms with Crippen molar-refractivity contribution in [2.45, 2.75) is 263 Å². The van der Waals surface area contributed by atoms with Crippen LogP contribution < -0.4 is 0 Å². The lowest BCUT2D eigenvalue weighted by Crippen LogP contribution is -2.65. The first-order valence-electron chi connectivity index (χ1n) is 23.3. The van der Waals surface area contributed by atoms with Gasteiger partial charge in [-0.05, 0) is 19.3 Å². The summed E-state index contributed by atoms with van der Waals surface area (Å²) in [6, 6.07) is 0.